The Bertz CT molecular complexity index is 417. The third kappa shape index (κ3) is 4.65. The van der Waals surface area contributed by atoms with Gasteiger partial charge in [-0.3, -0.25) is 4.79 Å². The van der Waals surface area contributed by atoms with Crippen molar-refractivity contribution in [1.29, 1.82) is 0 Å². The van der Waals surface area contributed by atoms with Gasteiger partial charge in [-0.05, 0) is 37.5 Å². The van der Waals surface area contributed by atoms with Gasteiger partial charge in [0.05, 0.1) is 6.10 Å². The number of hydrogen-bond donors (Lipinski definition) is 2. The van der Waals surface area contributed by atoms with E-state index in [0.29, 0.717) is 12.1 Å². The molecule has 104 valence electrons. The molecule has 1 heterocycles. The third-order valence-corrected chi connectivity index (χ3v) is 3.35. The Morgan fingerprint density at radius 1 is 1.37 bits per heavy atom. The maximum absolute atomic E-state index is 10.9. The smallest absolute Gasteiger partial charge is 0.221 e. The topological polar surface area (TPSA) is 50.4 Å². The van der Waals surface area contributed by atoms with Gasteiger partial charge in [0.2, 0.25) is 5.91 Å². The summed E-state index contributed by atoms with van der Waals surface area (Å²) in [5.41, 5.74) is 2.07. The fourth-order valence-corrected chi connectivity index (χ4v) is 2.35. The molecular weight excluding hydrogens is 240 g/mol. The lowest BCUT2D eigenvalue weighted by Gasteiger charge is -2.28. The van der Waals surface area contributed by atoms with Crippen molar-refractivity contribution in [2.75, 3.05) is 11.9 Å². The SMILES string of the molecule is CC(=O)Nc1ccc(CNC2CCOC(C)C2)cc1. The molecule has 2 rings (SSSR count). The first kappa shape index (κ1) is 14.0. The fraction of sp³-hybridized carbons (Fsp3) is 0.533. The van der Waals surface area contributed by atoms with E-state index in [4.69, 9.17) is 4.74 Å². The molecule has 1 fully saturated rings. The standard InChI is InChI=1S/C15H22N2O2/c1-11-9-15(7-8-19-11)16-10-13-3-5-14(6-4-13)17-12(2)18/h3-6,11,15-16H,7-10H2,1-2H3,(H,17,18). The predicted octanol–water partition coefficient (Wildman–Crippen LogP) is 2.30. The Labute approximate surface area is 114 Å². The lowest BCUT2D eigenvalue weighted by molar-refractivity contribution is -0.114. The summed E-state index contributed by atoms with van der Waals surface area (Å²) in [6, 6.07) is 8.50. The van der Waals surface area contributed by atoms with Crippen LogP contribution >= 0.6 is 0 Å². The van der Waals surface area contributed by atoms with E-state index in [1.165, 1.54) is 12.5 Å². The number of nitrogens with one attached hydrogen (secondary N) is 2. The first-order chi connectivity index (χ1) is 9.13. The zero-order valence-electron chi connectivity index (χ0n) is 11.6. The molecule has 0 spiro atoms. The van der Waals surface area contributed by atoms with Gasteiger partial charge in [-0.1, -0.05) is 12.1 Å². The van der Waals surface area contributed by atoms with Gasteiger partial charge in [0.25, 0.3) is 0 Å². The van der Waals surface area contributed by atoms with E-state index in [9.17, 15) is 4.79 Å². The molecule has 0 bridgehead atoms. The fourth-order valence-electron chi connectivity index (χ4n) is 2.35. The second kappa shape index (κ2) is 6.68. The summed E-state index contributed by atoms with van der Waals surface area (Å²) in [6.45, 7) is 5.34. The second-order valence-corrected chi connectivity index (χ2v) is 5.16. The van der Waals surface area contributed by atoms with Crippen LogP contribution in [0.1, 0.15) is 32.3 Å². The molecular formula is C15H22N2O2. The lowest BCUT2D eigenvalue weighted by Crippen LogP contribution is -2.37. The van der Waals surface area contributed by atoms with Crippen LogP contribution in [0.3, 0.4) is 0 Å². The van der Waals surface area contributed by atoms with Gasteiger partial charge in [0, 0.05) is 31.8 Å². The summed E-state index contributed by atoms with van der Waals surface area (Å²) in [5, 5.41) is 6.33. The molecule has 1 aliphatic rings. The number of rotatable bonds is 4. The molecule has 2 atom stereocenters. The summed E-state index contributed by atoms with van der Waals surface area (Å²) < 4.78 is 5.53. The summed E-state index contributed by atoms with van der Waals surface area (Å²) in [5.74, 6) is -0.0398. The normalized spacial score (nSPS) is 23.1. The van der Waals surface area contributed by atoms with E-state index in [1.54, 1.807) is 0 Å². The second-order valence-electron chi connectivity index (χ2n) is 5.16. The molecule has 1 amide bonds. The van der Waals surface area contributed by atoms with Crippen molar-refractivity contribution in [2.24, 2.45) is 0 Å². The largest absolute Gasteiger partial charge is 0.378 e. The first-order valence-electron chi connectivity index (χ1n) is 6.85. The van der Waals surface area contributed by atoms with Crippen LogP contribution < -0.4 is 10.6 Å². The van der Waals surface area contributed by atoms with Crippen LogP contribution in [0.4, 0.5) is 5.69 Å². The molecule has 1 aromatic rings. The molecule has 0 aromatic heterocycles. The zero-order valence-corrected chi connectivity index (χ0v) is 11.6. The van der Waals surface area contributed by atoms with Crippen LogP contribution in [0.15, 0.2) is 24.3 Å². The highest BCUT2D eigenvalue weighted by Crippen LogP contribution is 2.14. The summed E-state index contributed by atoms with van der Waals surface area (Å²) in [7, 11) is 0. The van der Waals surface area contributed by atoms with E-state index in [1.807, 2.05) is 24.3 Å². The van der Waals surface area contributed by atoms with Crippen molar-refractivity contribution >= 4 is 11.6 Å². The van der Waals surface area contributed by atoms with Gasteiger partial charge in [0.1, 0.15) is 0 Å². The molecule has 1 saturated heterocycles. The molecule has 2 N–H and O–H groups in total. The number of hydrogen-bond acceptors (Lipinski definition) is 3. The van der Waals surface area contributed by atoms with Crippen LogP contribution in [-0.4, -0.2) is 24.7 Å². The Balaban J connectivity index is 1.81. The molecule has 0 saturated carbocycles. The number of anilines is 1. The Morgan fingerprint density at radius 2 is 2.11 bits per heavy atom. The lowest BCUT2D eigenvalue weighted by atomic mass is 10.0. The highest BCUT2D eigenvalue weighted by Gasteiger charge is 2.18. The van der Waals surface area contributed by atoms with E-state index in [0.717, 1.165) is 31.7 Å². The highest BCUT2D eigenvalue weighted by atomic mass is 16.5. The molecule has 19 heavy (non-hydrogen) atoms. The molecule has 1 aromatic carbocycles. The average Bonchev–Trinajstić information content (AvgIpc) is 2.37. The van der Waals surface area contributed by atoms with Crippen LogP contribution in [0, 0.1) is 0 Å². The Hall–Kier alpha value is -1.39. The Morgan fingerprint density at radius 3 is 2.74 bits per heavy atom. The van der Waals surface area contributed by atoms with Crippen molar-refractivity contribution in [3.8, 4) is 0 Å². The van der Waals surface area contributed by atoms with Crippen molar-refractivity contribution in [3.63, 3.8) is 0 Å². The van der Waals surface area contributed by atoms with E-state index in [-0.39, 0.29) is 5.91 Å². The summed E-state index contributed by atoms with van der Waals surface area (Å²) in [6.07, 6.45) is 2.51. The summed E-state index contributed by atoms with van der Waals surface area (Å²) >= 11 is 0. The van der Waals surface area contributed by atoms with Gasteiger partial charge < -0.3 is 15.4 Å². The minimum atomic E-state index is -0.0398. The van der Waals surface area contributed by atoms with Crippen molar-refractivity contribution in [2.45, 2.75) is 45.4 Å². The summed E-state index contributed by atoms with van der Waals surface area (Å²) in [4.78, 5) is 10.9. The van der Waals surface area contributed by atoms with Gasteiger partial charge in [-0.2, -0.15) is 0 Å². The maximum atomic E-state index is 10.9. The van der Waals surface area contributed by atoms with Gasteiger partial charge in [-0.25, -0.2) is 0 Å². The molecule has 0 aliphatic carbocycles. The molecule has 1 aliphatic heterocycles. The van der Waals surface area contributed by atoms with Crippen molar-refractivity contribution in [3.05, 3.63) is 29.8 Å². The Kier molecular flexibility index (Phi) is 4.93. The highest BCUT2D eigenvalue weighted by molar-refractivity contribution is 5.88. The number of carbonyl (C=O) groups is 1. The van der Waals surface area contributed by atoms with Crippen LogP contribution in [-0.2, 0) is 16.1 Å². The van der Waals surface area contributed by atoms with Crippen molar-refractivity contribution in [1.82, 2.24) is 5.32 Å². The number of ether oxygens (including phenoxy) is 1. The van der Waals surface area contributed by atoms with Crippen LogP contribution in [0.25, 0.3) is 0 Å². The minimum absolute atomic E-state index is 0.0398. The number of amides is 1. The molecule has 4 nitrogen and oxygen atoms in total. The maximum Gasteiger partial charge on any atom is 0.221 e. The first-order valence-corrected chi connectivity index (χ1v) is 6.85. The van der Waals surface area contributed by atoms with Gasteiger partial charge in [0.15, 0.2) is 0 Å². The molecule has 2 unspecified atom stereocenters. The quantitative estimate of drug-likeness (QED) is 0.875. The predicted molar refractivity (Wildman–Crippen MR) is 76.0 cm³/mol. The number of benzene rings is 1. The van der Waals surface area contributed by atoms with E-state index < -0.39 is 0 Å². The van der Waals surface area contributed by atoms with Gasteiger partial charge >= 0.3 is 0 Å². The molecule has 4 heteroatoms. The number of carbonyl (C=O) groups excluding carboxylic acids is 1. The third-order valence-electron chi connectivity index (χ3n) is 3.35. The van der Waals surface area contributed by atoms with E-state index in [2.05, 4.69) is 17.6 Å². The van der Waals surface area contributed by atoms with Crippen molar-refractivity contribution < 1.29 is 9.53 Å². The minimum Gasteiger partial charge on any atom is -0.378 e. The van der Waals surface area contributed by atoms with Crippen LogP contribution in [0.5, 0.6) is 0 Å². The molecule has 0 radical (unpaired) electrons. The van der Waals surface area contributed by atoms with Crippen LogP contribution in [0.2, 0.25) is 0 Å². The average molecular weight is 262 g/mol. The zero-order chi connectivity index (χ0) is 13.7. The van der Waals surface area contributed by atoms with Gasteiger partial charge in [-0.15, -0.1) is 0 Å². The monoisotopic (exact) mass is 262 g/mol. The van der Waals surface area contributed by atoms with E-state index >= 15 is 0 Å².